The number of halogens is 1. The molecule has 5 nitrogen and oxygen atoms in total. The maximum atomic E-state index is 12.1. The van der Waals surface area contributed by atoms with Crippen LogP contribution in [0.5, 0.6) is 0 Å². The molecule has 1 aromatic heterocycles. The van der Waals surface area contributed by atoms with Gasteiger partial charge in [0, 0.05) is 22.7 Å². The van der Waals surface area contributed by atoms with Crippen LogP contribution in [0.3, 0.4) is 0 Å². The molecule has 0 saturated heterocycles. The highest BCUT2D eigenvalue weighted by Crippen LogP contribution is 2.29. The van der Waals surface area contributed by atoms with E-state index in [2.05, 4.69) is 20.8 Å². The highest BCUT2D eigenvalue weighted by molar-refractivity contribution is 9.10. The number of carbonyl (C=O) groups excluding carboxylic acids is 1. The van der Waals surface area contributed by atoms with Gasteiger partial charge in [0.05, 0.1) is 0 Å². The standard InChI is InChI=1S/C20H21BrN2O3/c1-3-23(4-2)11-12-25-20(24)15(14-22)13-16-9-10-19(26-16)17-7-5-6-8-18(17)21/h5-10,13H,3-4,11-12H2,1-2H3. The smallest absolute Gasteiger partial charge is 0.349 e. The Morgan fingerprint density at radius 2 is 2.00 bits per heavy atom. The van der Waals surface area contributed by atoms with Crippen molar-refractivity contribution in [2.24, 2.45) is 0 Å². The fourth-order valence-corrected chi connectivity index (χ4v) is 2.88. The molecule has 26 heavy (non-hydrogen) atoms. The Labute approximate surface area is 162 Å². The number of likely N-dealkylation sites (N-methyl/N-ethyl adjacent to an activating group) is 1. The predicted octanol–water partition coefficient (Wildman–Crippen LogP) is 4.50. The summed E-state index contributed by atoms with van der Waals surface area (Å²) in [6, 6.07) is 13.1. The second kappa shape index (κ2) is 9.95. The number of ether oxygens (including phenoxy) is 1. The topological polar surface area (TPSA) is 66.5 Å². The van der Waals surface area contributed by atoms with Gasteiger partial charge in [-0.05, 0) is 31.3 Å². The fourth-order valence-electron chi connectivity index (χ4n) is 2.40. The molecule has 1 heterocycles. The SMILES string of the molecule is CCN(CC)CCOC(=O)C(C#N)=Cc1ccc(-c2ccccc2Br)o1. The molecule has 0 aliphatic heterocycles. The Morgan fingerprint density at radius 1 is 1.27 bits per heavy atom. The molecule has 0 amide bonds. The molecular weight excluding hydrogens is 396 g/mol. The lowest BCUT2D eigenvalue weighted by atomic mass is 10.2. The Bertz CT molecular complexity index is 816. The van der Waals surface area contributed by atoms with E-state index >= 15 is 0 Å². The van der Waals surface area contributed by atoms with Crippen molar-refractivity contribution < 1.29 is 13.9 Å². The average molecular weight is 417 g/mol. The molecule has 0 N–H and O–H groups in total. The van der Waals surface area contributed by atoms with Gasteiger partial charge in [-0.1, -0.05) is 48.0 Å². The lowest BCUT2D eigenvalue weighted by molar-refractivity contribution is -0.138. The first kappa shape index (κ1) is 20.0. The second-order valence-electron chi connectivity index (χ2n) is 5.51. The van der Waals surface area contributed by atoms with Crippen LogP contribution >= 0.6 is 15.9 Å². The quantitative estimate of drug-likeness (QED) is 0.360. The zero-order valence-corrected chi connectivity index (χ0v) is 16.5. The molecule has 2 aromatic rings. The van der Waals surface area contributed by atoms with E-state index in [0.29, 0.717) is 18.1 Å². The summed E-state index contributed by atoms with van der Waals surface area (Å²) < 4.78 is 11.8. The molecule has 0 saturated carbocycles. The maximum absolute atomic E-state index is 12.1. The molecule has 2 rings (SSSR count). The van der Waals surface area contributed by atoms with Gasteiger partial charge >= 0.3 is 5.97 Å². The van der Waals surface area contributed by atoms with Crippen LogP contribution in [0.15, 0.2) is 50.9 Å². The Balaban J connectivity index is 2.06. The van der Waals surface area contributed by atoms with Gasteiger partial charge in [0.15, 0.2) is 0 Å². The average Bonchev–Trinajstić information content (AvgIpc) is 3.12. The third-order valence-electron chi connectivity index (χ3n) is 3.93. The van der Waals surface area contributed by atoms with Crippen LogP contribution in [-0.2, 0) is 9.53 Å². The highest BCUT2D eigenvalue weighted by atomic mass is 79.9. The molecule has 0 unspecified atom stereocenters. The number of carbonyl (C=O) groups is 1. The van der Waals surface area contributed by atoms with Crippen molar-refractivity contribution >= 4 is 28.0 Å². The minimum absolute atomic E-state index is 0.0856. The number of nitrogens with zero attached hydrogens (tertiary/aromatic N) is 2. The largest absolute Gasteiger partial charge is 0.460 e. The fraction of sp³-hybridized carbons (Fsp3) is 0.300. The van der Waals surface area contributed by atoms with E-state index in [1.165, 1.54) is 6.08 Å². The molecule has 0 bridgehead atoms. The van der Waals surface area contributed by atoms with E-state index in [0.717, 1.165) is 23.1 Å². The first-order chi connectivity index (χ1) is 12.6. The molecule has 1 aromatic carbocycles. The Morgan fingerprint density at radius 3 is 2.65 bits per heavy atom. The summed E-state index contributed by atoms with van der Waals surface area (Å²) in [6.07, 6.45) is 1.40. The summed E-state index contributed by atoms with van der Waals surface area (Å²) in [6.45, 7) is 6.76. The number of nitriles is 1. The van der Waals surface area contributed by atoms with Crippen LogP contribution in [0.2, 0.25) is 0 Å². The van der Waals surface area contributed by atoms with Crippen LogP contribution in [0.4, 0.5) is 0 Å². The van der Waals surface area contributed by atoms with E-state index in [9.17, 15) is 10.1 Å². The molecule has 0 atom stereocenters. The van der Waals surface area contributed by atoms with E-state index in [1.807, 2.05) is 44.2 Å². The van der Waals surface area contributed by atoms with Gasteiger partial charge in [0.25, 0.3) is 0 Å². The van der Waals surface area contributed by atoms with Gasteiger partial charge in [0.2, 0.25) is 0 Å². The van der Waals surface area contributed by atoms with Gasteiger partial charge in [-0.15, -0.1) is 0 Å². The van der Waals surface area contributed by atoms with Crippen molar-refractivity contribution in [3.05, 3.63) is 52.2 Å². The Kier molecular flexibility index (Phi) is 7.64. The molecular formula is C20H21BrN2O3. The minimum Gasteiger partial charge on any atom is -0.460 e. The normalized spacial score (nSPS) is 11.4. The molecule has 0 radical (unpaired) electrons. The lowest BCUT2D eigenvalue weighted by Crippen LogP contribution is -2.28. The zero-order chi connectivity index (χ0) is 18.9. The predicted molar refractivity (Wildman–Crippen MR) is 104 cm³/mol. The third-order valence-corrected chi connectivity index (χ3v) is 4.62. The lowest BCUT2D eigenvalue weighted by Gasteiger charge is -2.17. The van der Waals surface area contributed by atoms with Crippen LogP contribution in [0.1, 0.15) is 19.6 Å². The molecule has 0 spiro atoms. The number of furan rings is 1. The van der Waals surface area contributed by atoms with Gasteiger partial charge < -0.3 is 14.1 Å². The molecule has 136 valence electrons. The van der Waals surface area contributed by atoms with Crippen molar-refractivity contribution in [1.82, 2.24) is 4.90 Å². The molecule has 0 fully saturated rings. The third kappa shape index (κ3) is 5.32. The van der Waals surface area contributed by atoms with E-state index in [1.54, 1.807) is 12.1 Å². The van der Waals surface area contributed by atoms with E-state index < -0.39 is 5.97 Å². The number of hydrogen-bond acceptors (Lipinski definition) is 5. The van der Waals surface area contributed by atoms with Crippen molar-refractivity contribution in [3.63, 3.8) is 0 Å². The number of hydrogen-bond donors (Lipinski definition) is 0. The zero-order valence-electron chi connectivity index (χ0n) is 14.9. The molecule has 0 aliphatic carbocycles. The number of benzene rings is 1. The van der Waals surface area contributed by atoms with Crippen LogP contribution in [0, 0.1) is 11.3 Å². The van der Waals surface area contributed by atoms with Crippen LogP contribution in [-0.4, -0.2) is 37.1 Å². The maximum Gasteiger partial charge on any atom is 0.349 e. The van der Waals surface area contributed by atoms with Crippen molar-refractivity contribution in [1.29, 1.82) is 5.26 Å². The van der Waals surface area contributed by atoms with E-state index in [4.69, 9.17) is 9.15 Å². The highest BCUT2D eigenvalue weighted by Gasteiger charge is 2.13. The summed E-state index contributed by atoms with van der Waals surface area (Å²) in [5.74, 6) is 0.433. The summed E-state index contributed by atoms with van der Waals surface area (Å²) in [4.78, 5) is 14.2. The van der Waals surface area contributed by atoms with Gasteiger partial charge in [-0.25, -0.2) is 4.79 Å². The first-order valence-corrected chi connectivity index (χ1v) is 9.24. The first-order valence-electron chi connectivity index (χ1n) is 8.45. The van der Waals surface area contributed by atoms with E-state index in [-0.39, 0.29) is 12.2 Å². The summed E-state index contributed by atoms with van der Waals surface area (Å²) in [7, 11) is 0. The summed E-state index contributed by atoms with van der Waals surface area (Å²) in [5, 5.41) is 9.25. The van der Waals surface area contributed by atoms with Gasteiger partial charge in [-0.3, -0.25) is 0 Å². The van der Waals surface area contributed by atoms with Crippen molar-refractivity contribution in [3.8, 4) is 17.4 Å². The van der Waals surface area contributed by atoms with Crippen LogP contribution in [0.25, 0.3) is 17.4 Å². The van der Waals surface area contributed by atoms with Crippen molar-refractivity contribution in [2.45, 2.75) is 13.8 Å². The van der Waals surface area contributed by atoms with Gasteiger partial charge in [-0.2, -0.15) is 5.26 Å². The molecule has 6 heteroatoms. The summed E-state index contributed by atoms with van der Waals surface area (Å²) >= 11 is 3.48. The summed E-state index contributed by atoms with van der Waals surface area (Å²) in [5.41, 5.74) is 0.810. The molecule has 0 aliphatic rings. The van der Waals surface area contributed by atoms with Crippen molar-refractivity contribution in [2.75, 3.05) is 26.2 Å². The number of rotatable bonds is 8. The Hall–Kier alpha value is -2.36. The van der Waals surface area contributed by atoms with Gasteiger partial charge in [0.1, 0.15) is 29.8 Å². The number of esters is 1. The van der Waals surface area contributed by atoms with Crippen LogP contribution < -0.4 is 0 Å². The monoisotopic (exact) mass is 416 g/mol. The minimum atomic E-state index is -0.640. The second-order valence-corrected chi connectivity index (χ2v) is 6.37.